The molecule has 1 aliphatic carbocycles. The van der Waals surface area contributed by atoms with Crippen LogP contribution in [-0.4, -0.2) is 6.04 Å². The van der Waals surface area contributed by atoms with Gasteiger partial charge in [0.1, 0.15) is 0 Å². The van der Waals surface area contributed by atoms with E-state index in [4.69, 9.17) is 0 Å². The second kappa shape index (κ2) is 4.77. The van der Waals surface area contributed by atoms with E-state index in [2.05, 4.69) is 22.1 Å². The lowest BCUT2D eigenvalue weighted by atomic mass is 9.95. The Morgan fingerprint density at radius 2 is 2.15 bits per heavy atom. The van der Waals surface area contributed by atoms with Gasteiger partial charge in [0.15, 0.2) is 0 Å². The van der Waals surface area contributed by atoms with E-state index in [1.165, 1.54) is 37.7 Å². The van der Waals surface area contributed by atoms with Crippen LogP contribution < -0.4 is 5.32 Å². The summed E-state index contributed by atoms with van der Waals surface area (Å²) in [4.78, 5) is 0. The van der Waals surface area contributed by atoms with Crippen molar-refractivity contribution < 1.29 is 0 Å². The fraction of sp³-hybridized carbons (Fsp3) is 0.636. The first-order valence-electron chi connectivity index (χ1n) is 5.19. The molecule has 1 saturated carbocycles. The molecule has 1 aliphatic rings. The molecule has 0 saturated heterocycles. The van der Waals surface area contributed by atoms with Gasteiger partial charge in [-0.15, -0.1) is 0 Å². The molecule has 0 aliphatic heterocycles. The zero-order valence-electron chi connectivity index (χ0n) is 7.96. The fourth-order valence-electron chi connectivity index (χ4n) is 1.96. The van der Waals surface area contributed by atoms with Crippen LogP contribution in [0.25, 0.3) is 0 Å². The van der Waals surface area contributed by atoms with Crippen LogP contribution in [0.3, 0.4) is 0 Å². The van der Waals surface area contributed by atoms with Crippen LogP contribution in [0.1, 0.15) is 37.7 Å². The fourth-order valence-corrected chi connectivity index (χ4v) is 2.63. The molecule has 0 aromatic carbocycles. The molecule has 1 N–H and O–H groups in total. The topological polar surface area (TPSA) is 12.0 Å². The van der Waals surface area contributed by atoms with Crippen LogP contribution in [0.4, 0.5) is 0 Å². The summed E-state index contributed by atoms with van der Waals surface area (Å²) in [6.45, 7) is 1.06. The predicted molar refractivity (Wildman–Crippen MR) is 58.0 cm³/mol. The van der Waals surface area contributed by atoms with Crippen molar-refractivity contribution in [1.29, 1.82) is 0 Å². The van der Waals surface area contributed by atoms with Gasteiger partial charge in [-0.05, 0) is 35.2 Å². The molecule has 0 amide bonds. The van der Waals surface area contributed by atoms with E-state index in [1.807, 2.05) is 0 Å². The highest BCUT2D eigenvalue weighted by Crippen LogP contribution is 2.18. The molecule has 1 heterocycles. The minimum Gasteiger partial charge on any atom is -0.310 e. The highest BCUT2D eigenvalue weighted by Gasteiger charge is 2.11. The van der Waals surface area contributed by atoms with Crippen LogP contribution in [0.15, 0.2) is 16.8 Å². The highest BCUT2D eigenvalue weighted by molar-refractivity contribution is 7.07. The molecule has 2 heteroatoms. The van der Waals surface area contributed by atoms with Gasteiger partial charge in [-0.3, -0.25) is 0 Å². The van der Waals surface area contributed by atoms with E-state index >= 15 is 0 Å². The van der Waals surface area contributed by atoms with Crippen molar-refractivity contribution in [3.05, 3.63) is 22.4 Å². The lowest BCUT2D eigenvalue weighted by Gasteiger charge is -2.22. The molecule has 0 atom stereocenters. The first kappa shape index (κ1) is 9.22. The molecule has 0 unspecified atom stereocenters. The molecule has 0 bridgehead atoms. The molecule has 1 aromatic rings. The van der Waals surface area contributed by atoms with E-state index in [9.17, 15) is 0 Å². The van der Waals surface area contributed by atoms with Crippen LogP contribution in [0.2, 0.25) is 0 Å². The standard InChI is InChI=1S/C11H17NS/c1-2-4-11(5-3-1)12-8-10-6-7-13-9-10/h6-7,9,11-12H,1-5,8H2. The largest absolute Gasteiger partial charge is 0.310 e. The van der Waals surface area contributed by atoms with Gasteiger partial charge >= 0.3 is 0 Å². The molecule has 1 nitrogen and oxygen atoms in total. The van der Waals surface area contributed by atoms with Crippen molar-refractivity contribution >= 4 is 11.3 Å². The summed E-state index contributed by atoms with van der Waals surface area (Å²) in [6, 6.07) is 2.99. The van der Waals surface area contributed by atoms with Crippen LogP contribution >= 0.6 is 11.3 Å². The maximum absolute atomic E-state index is 3.63. The van der Waals surface area contributed by atoms with E-state index in [0.29, 0.717) is 0 Å². The SMILES string of the molecule is c1cc(CNC2CCCCC2)cs1. The van der Waals surface area contributed by atoms with Gasteiger partial charge in [0.25, 0.3) is 0 Å². The summed E-state index contributed by atoms with van der Waals surface area (Å²) in [6.07, 6.45) is 7.04. The Kier molecular flexibility index (Phi) is 3.39. The first-order chi connectivity index (χ1) is 6.45. The van der Waals surface area contributed by atoms with Crippen LogP contribution in [0.5, 0.6) is 0 Å². The van der Waals surface area contributed by atoms with Crippen LogP contribution in [0, 0.1) is 0 Å². The van der Waals surface area contributed by atoms with Crippen molar-refractivity contribution in [2.75, 3.05) is 0 Å². The zero-order valence-corrected chi connectivity index (χ0v) is 8.78. The summed E-state index contributed by atoms with van der Waals surface area (Å²) in [5.41, 5.74) is 1.44. The van der Waals surface area contributed by atoms with Crippen molar-refractivity contribution in [2.24, 2.45) is 0 Å². The molecule has 72 valence electrons. The number of hydrogen-bond donors (Lipinski definition) is 1. The second-order valence-corrected chi connectivity index (χ2v) is 4.63. The lowest BCUT2D eigenvalue weighted by molar-refractivity contribution is 0.372. The van der Waals surface area contributed by atoms with Crippen LogP contribution in [-0.2, 0) is 6.54 Å². The third-order valence-electron chi connectivity index (χ3n) is 2.78. The van der Waals surface area contributed by atoms with Crippen molar-refractivity contribution in [3.8, 4) is 0 Å². The summed E-state index contributed by atoms with van der Waals surface area (Å²) in [7, 11) is 0. The smallest absolute Gasteiger partial charge is 0.0216 e. The Bertz CT molecular complexity index is 224. The maximum Gasteiger partial charge on any atom is 0.0216 e. The average Bonchev–Trinajstić information content (AvgIpc) is 2.69. The quantitative estimate of drug-likeness (QED) is 0.781. The molecular weight excluding hydrogens is 178 g/mol. The summed E-state index contributed by atoms with van der Waals surface area (Å²) < 4.78 is 0. The number of rotatable bonds is 3. The van der Waals surface area contributed by atoms with Crippen molar-refractivity contribution in [1.82, 2.24) is 5.32 Å². The van der Waals surface area contributed by atoms with Gasteiger partial charge in [-0.1, -0.05) is 19.3 Å². The molecule has 1 aromatic heterocycles. The van der Waals surface area contributed by atoms with Gasteiger partial charge < -0.3 is 5.32 Å². The van der Waals surface area contributed by atoms with Gasteiger partial charge in [-0.2, -0.15) is 11.3 Å². The van der Waals surface area contributed by atoms with Crippen molar-refractivity contribution in [2.45, 2.75) is 44.7 Å². The maximum atomic E-state index is 3.63. The molecule has 1 fully saturated rings. The van der Waals surface area contributed by atoms with E-state index in [-0.39, 0.29) is 0 Å². The minimum absolute atomic E-state index is 0.786. The summed E-state index contributed by atoms with van der Waals surface area (Å²) in [5, 5.41) is 8.01. The summed E-state index contributed by atoms with van der Waals surface area (Å²) >= 11 is 1.79. The minimum atomic E-state index is 0.786. The summed E-state index contributed by atoms with van der Waals surface area (Å²) in [5.74, 6) is 0. The predicted octanol–water partition coefficient (Wildman–Crippen LogP) is 3.17. The van der Waals surface area contributed by atoms with Gasteiger partial charge in [-0.25, -0.2) is 0 Å². The Morgan fingerprint density at radius 1 is 1.31 bits per heavy atom. The average molecular weight is 195 g/mol. The molecule has 2 rings (SSSR count). The van der Waals surface area contributed by atoms with E-state index < -0.39 is 0 Å². The normalized spacial score (nSPS) is 19.1. The number of nitrogens with one attached hydrogen (secondary N) is 1. The number of hydrogen-bond acceptors (Lipinski definition) is 2. The second-order valence-electron chi connectivity index (χ2n) is 3.85. The Hall–Kier alpha value is -0.340. The zero-order chi connectivity index (χ0) is 8.93. The van der Waals surface area contributed by atoms with Crippen molar-refractivity contribution in [3.63, 3.8) is 0 Å². The molecular formula is C11H17NS. The Balaban J connectivity index is 1.72. The van der Waals surface area contributed by atoms with Gasteiger partial charge in [0.2, 0.25) is 0 Å². The number of thiophene rings is 1. The first-order valence-corrected chi connectivity index (χ1v) is 6.14. The Morgan fingerprint density at radius 3 is 2.85 bits per heavy atom. The van der Waals surface area contributed by atoms with E-state index in [0.717, 1.165) is 12.6 Å². The van der Waals surface area contributed by atoms with Gasteiger partial charge in [0.05, 0.1) is 0 Å². The van der Waals surface area contributed by atoms with Gasteiger partial charge in [0, 0.05) is 12.6 Å². The molecule has 13 heavy (non-hydrogen) atoms. The molecule has 0 spiro atoms. The lowest BCUT2D eigenvalue weighted by Crippen LogP contribution is -2.30. The third-order valence-corrected chi connectivity index (χ3v) is 3.51. The third kappa shape index (κ3) is 2.82. The van der Waals surface area contributed by atoms with E-state index in [1.54, 1.807) is 11.3 Å². The molecule has 0 radical (unpaired) electrons. The Labute approximate surface area is 84.2 Å². The monoisotopic (exact) mass is 195 g/mol. The highest BCUT2D eigenvalue weighted by atomic mass is 32.1.